The number of rotatable bonds is 7. The molecule has 0 aromatic rings. The molecule has 0 saturated carbocycles. The van der Waals surface area contributed by atoms with Crippen molar-refractivity contribution in [1.29, 1.82) is 0 Å². The van der Waals surface area contributed by atoms with E-state index in [0.29, 0.717) is 0 Å². The van der Waals surface area contributed by atoms with E-state index in [1.807, 2.05) is 0 Å². The minimum absolute atomic E-state index is 0.749. The second-order valence-corrected chi connectivity index (χ2v) is 7.07. The van der Waals surface area contributed by atoms with Crippen molar-refractivity contribution in [2.24, 2.45) is 11.8 Å². The van der Waals surface area contributed by atoms with E-state index in [4.69, 9.17) is 5.11 Å². The molecule has 0 fully saturated rings. The maximum Gasteiger partial charge on any atom is 0.339 e. The first-order chi connectivity index (χ1) is 8.44. The Hall–Kier alpha value is -0.300. The molecule has 0 spiro atoms. The lowest BCUT2D eigenvalue weighted by Crippen LogP contribution is -2.55. The number of carbonyl (C=O) groups is 1. The van der Waals surface area contributed by atoms with E-state index >= 15 is 0 Å². The Kier molecular flexibility index (Phi) is 6.33. The topological polar surface area (TPSA) is 135 Å². The van der Waals surface area contributed by atoms with Crippen LogP contribution in [0.15, 0.2) is 0 Å². The Labute approximate surface area is 112 Å². The molecule has 0 saturated heterocycles. The highest BCUT2D eigenvalue weighted by Crippen LogP contribution is 2.59. The van der Waals surface area contributed by atoms with Gasteiger partial charge in [-0.3, -0.25) is 9.36 Å². The number of hydrogen-bond donors (Lipinski definition) is 5. The molecule has 0 unspecified atom stereocenters. The smallest absolute Gasteiger partial charge is 0.339 e. The second-order valence-electron chi connectivity index (χ2n) is 5.24. The monoisotopic (exact) mass is 298 g/mol. The van der Waals surface area contributed by atoms with E-state index in [1.165, 1.54) is 27.7 Å². The fourth-order valence-corrected chi connectivity index (χ4v) is 4.33. The van der Waals surface area contributed by atoms with Gasteiger partial charge >= 0.3 is 7.60 Å². The molecular formula is C11H23O7P. The predicted octanol–water partition coefficient (Wildman–Crippen LogP) is -0.502. The molecule has 0 aliphatic carbocycles. The molecular weight excluding hydrogens is 275 g/mol. The van der Waals surface area contributed by atoms with E-state index in [0.717, 1.165) is 0 Å². The molecule has 8 heteroatoms. The summed E-state index contributed by atoms with van der Waals surface area (Å²) in [5, 5.41) is 25.6. The van der Waals surface area contributed by atoms with Crippen LogP contribution >= 0.6 is 7.60 Å². The van der Waals surface area contributed by atoms with Crippen LogP contribution in [0.1, 0.15) is 27.7 Å². The Balaban J connectivity index is 5.88. The maximum atomic E-state index is 12.3. The van der Waals surface area contributed by atoms with Gasteiger partial charge in [0, 0.05) is 0 Å². The van der Waals surface area contributed by atoms with Crippen molar-refractivity contribution in [3.8, 4) is 0 Å². The molecule has 0 aliphatic rings. The number of hydrogen-bond acceptors (Lipinski definition) is 5. The van der Waals surface area contributed by atoms with Crippen LogP contribution in [0.4, 0.5) is 0 Å². The molecule has 0 rings (SSSR count). The largest absolute Gasteiger partial charge is 0.394 e. The summed E-state index contributed by atoms with van der Waals surface area (Å²) in [6.45, 7) is 4.99. The summed E-state index contributed by atoms with van der Waals surface area (Å²) in [6, 6.07) is 0. The quantitative estimate of drug-likeness (QED) is 0.400. The Morgan fingerprint density at radius 1 is 1.11 bits per heavy atom. The van der Waals surface area contributed by atoms with Gasteiger partial charge in [-0.1, -0.05) is 27.7 Å². The van der Waals surface area contributed by atoms with Crippen LogP contribution < -0.4 is 0 Å². The van der Waals surface area contributed by atoms with Gasteiger partial charge in [0.25, 0.3) is 0 Å². The third-order valence-electron chi connectivity index (χ3n) is 3.46. The molecule has 0 aromatic carbocycles. The van der Waals surface area contributed by atoms with Gasteiger partial charge in [0.05, 0.1) is 6.61 Å². The molecule has 2 atom stereocenters. The highest BCUT2D eigenvalue weighted by Gasteiger charge is 2.59. The van der Waals surface area contributed by atoms with E-state index in [-0.39, 0.29) is 0 Å². The van der Waals surface area contributed by atoms with Crippen LogP contribution in [0, 0.1) is 11.8 Å². The Morgan fingerprint density at radius 2 is 1.47 bits per heavy atom. The van der Waals surface area contributed by atoms with Gasteiger partial charge < -0.3 is 25.1 Å². The molecule has 0 heterocycles. The van der Waals surface area contributed by atoms with Crippen LogP contribution in [0.3, 0.4) is 0 Å². The number of Topliss-reactive ketones (excluding diaryl/α,β-unsaturated/α-hetero) is 1. The number of aliphatic hydroxyl groups is 3. The maximum absolute atomic E-state index is 12.3. The molecule has 19 heavy (non-hydrogen) atoms. The zero-order valence-electron chi connectivity index (χ0n) is 11.5. The SMILES string of the molecule is CC(C)C(C(=O)[C@H](O)[C@@H](O)CO)(C(C)C)P(=O)(O)O. The first-order valence-electron chi connectivity index (χ1n) is 6.01. The van der Waals surface area contributed by atoms with Crippen molar-refractivity contribution in [1.82, 2.24) is 0 Å². The van der Waals surface area contributed by atoms with E-state index in [9.17, 15) is 29.4 Å². The average Bonchev–Trinajstić information content (AvgIpc) is 2.24. The summed E-state index contributed by atoms with van der Waals surface area (Å²) < 4.78 is 11.8. The van der Waals surface area contributed by atoms with Gasteiger partial charge in [0.15, 0.2) is 5.78 Å². The number of ketones is 1. The number of carbonyl (C=O) groups excluding carboxylic acids is 1. The summed E-state index contributed by atoms with van der Waals surface area (Å²) in [7, 11) is -4.88. The van der Waals surface area contributed by atoms with Crippen molar-refractivity contribution in [2.45, 2.75) is 45.1 Å². The van der Waals surface area contributed by atoms with Crippen LogP contribution in [0.25, 0.3) is 0 Å². The Morgan fingerprint density at radius 3 is 1.68 bits per heavy atom. The van der Waals surface area contributed by atoms with E-state index in [1.54, 1.807) is 0 Å². The Bertz CT molecular complexity index is 352. The fourth-order valence-electron chi connectivity index (χ4n) is 2.56. The standard InChI is InChI=1S/C11H23O7P/c1-6(2)11(7(3)4,19(16,17)18)10(15)9(14)8(13)5-12/h6-9,12-14H,5H2,1-4H3,(H2,16,17,18)/t8-,9+/m0/s1. The van der Waals surface area contributed by atoms with Crippen molar-refractivity contribution >= 4 is 13.4 Å². The summed E-state index contributed by atoms with van der Waals surface area (Å²) >= 11 is 0. The highest BCUT2D eigenvalue weighted by molar-refractivity contribution is 7.55. The third kappa shape index (κ3) is 3.24. The predicted molar refractivity (Wildman–Crippen MR) is 68.6 cm³/mol. The zero-order valence-corrected chi connectivity index (χ0v) is 12.4. The molecule has 114 valence electrons. The molecule has 0 amide bonds. The van der Waals surface area contributed by atoms with E-state index in [2.05, 4.69) is 0 Å². The number of aliphatic hydroxyl groups excluding tert-OH is 3. The van der Waals surface area contributed by atoms with Gasteiger partial charge in [-0.25, -0.2) is 0 Å². The minimum Gasteiger partial charge on any atom is -0.394 e. The van der Waals surface area contributed by atoms with Crippen LogP contribution in [0.2, 0.25) is 0 Å². The molecule has 0 aromatic heterocycles. The van der Waals surface area contributed by atoms with Crippen LogP contribution in [-0.2, 0) is 9.36 Å². The third-order valence-corrected chi connectivity index (χ3v) is 5.67. The first-order valence-corrected chi connectivity index (χ1v) is 7.62. The van der Waals surface area contributed by atoms with Crippen molar-refractivity contribution in [2.75, 3.05) is 6.61 Å². The summed E-state index contributed by atoms with van der Waals surface area (Å²) in [5.74, 6) is -2.64. The van der Waals surface area contributed by atoms with Crippen LogP contribution in [-0.4, -0.2) is 54.9 Å². The summed E-state index contributed by atoms with van der Waals surface area (Å²) in [5.41, 5.74) is 0. The molecule has 7 nitrogen and oxygen atoms in total. The lowest BCUT2D eigenvalue weighted by molar-refractivity contribution is -0.140. The van der Waals surface area contributed by atoms with Gasteiger partial charge in [0.2, 0.25) is 0 Å². The van der Waals surface area contributed by atoms with Gasteiger partial charge in [-0.15, -0.1) is 0 Å². The van der Waals surface area contributed by atoms with Crippen molar-refractivity contribution in [3.05, 3.63) is 0 Å². The van der Waals surface area contributed by atoms with Gasteiger partial charge in [-0.2, -0.15) is 0 Å². The normalized spacial score (nSPS) is 16.8. The van der Waals surface area contributed by atoms with Gasteiger partial charge in [0.1, 0.15) is 17.4 Å². The van der Waals surface area contributed by atoms with Crippen molar-refractivity contribution in [3.63, 3.8) is 0 Å². The zero-order chi connectivity index (χ0) is 15.6. The molecule has 0 bridgehead atoms. The molecule has 0 aliphatic heterocycles. The second kappa shape index (κ2) is 6.43. The summed E-state index contributed by atoms with van der Waals surface area (Å²) in [6.07, 6.45) is -3.81. The first kappa shape index (κ1) is 18.7. The van der Waals surface area contributed by atoms with Crippen molar-refractivity contribution < 1.29 is 34.5 Å². The summed E-state index contributed by atoms with van der Waals surface area (Å²) in [4.78, 5) is 31.4. The lowest BCUT2D eigenvalue weighted by atomic mass is 9.78. The van der Waals surface area contributed by atoms with Gasteiger partial charge in [-0.05, 0) is 11.8 Å². The fraction of sp³-hybridized carbons (Fsp3) is 0.909. The lowest BCUT2D eigenvalue weighted by Gasteiger charge is -2.41. The van der Waals surface area contributed by atoms with E-state index < -0.39 is 49.2 Å². The molecule has 0 radical (unpaired) electrons. The van der Waals surface area contributed by atoms with Crippen LogP contribution in [0.5, 0.6) is 0 Å². The minimum atomic E-state index is -4.88. The highest BCUT2D eigenvalue weighted by atomic mass is 31.2. The average molecular weight is 298 g/mol. The molecule has 5 N–H and O–H groups in total.